The third-order valence-corrected chi connectivity index (χ3v) is 4.52. The number of aromatic nitrogens is 4. The summed E-state index contributed by atoms with van der Waals surface area (Å²) in [7, 11) is 0. The van der Waals surface area contributed by atoms with E-state index in [-0.39, 0.29) is 5.91 Å². The van der Waals surface area contributed by atoms with Crippen molar-refractivity contribution in [2.75, 3.05) is 67.7 Å². The molecule has 27 heavy (non-hydrogen) atoms. The zero-order chi connectivity index (χ0) is 18.6. The van der Waals surface area contributed by atoms with Gasteiger partial charge in [0.15, 0.2) is 0 Å². The highest BCUT2D eigenvalue weighted by Gasteiger charge is 2.22. The number of carbonyl (C=O) groups excluding carboxylic acids is 1. The summed E-state index contributed by atoms with van der Waals surface area (Å²) in [5, 5.41) is 9.62. The smallest absolute Gasteiger partial charge is 0.275 e. The molecule has 10 nitrogen and oxygen atoms in total. The molecule has 4 rings (SSSR count). The lowest BCUT2D eigenvalue weighted by atomic mass is 10.3. The maximum atomic E-state index is 12.8. The van der Waals surface area contributed by atoms with Gasteiger partial charge in [-0.15, -0.1) is 0 Å². The molecule has 2 N–H and O–H groups in total. The molecule has 0 bridgehead atoms. The number of carbonyl (C=O) groups is 1. The van der Waals surface area contributed by atoms with Crippen LogP contribution < -0.4 is 15.1 Å². The van der Waals surface area contributed by atoms with Gasteiger partial charge in [-0.05, 0) is 6.92 Å². The van der Waals surface area contributed by atoms with Crippen LogP contribution in [0.15, 0.2) is 12.1 Å². The van der Waals surface area contributed by atoms with Crippen molar-refractivity contribution in [2.24, 2.45) is 0 Å². The van der Waals surface area contributed by atoms with Crippen molar-refractivity contribution >= 4 is 23.5 Å². The van der Waals surface area contributed by atoms with Crippen LogP contribution >= 0.6 is 0 Å². The molecular weight excluding hydrogens is 350 g/mol. The van der Waals surface area contributed by atoms with E-state index >= 15 is 0 Å². The van der Waals surface area contributed by atoms with Gasteiger partial charge in [-0.1, -0.05) is 0 Å². The van der Waals surface area contributed by atoms with Gasteiger partial charge in [0, 0.05) is 38.3 Å². The number of aromatic amines is 1. The number of hydrogen-bond donors (Lipinski definition) is 2. The Kier molecular flexibility index (Phi) is 5.16. The number of hydrogen-bond acceptors (Lipinski definition) is 8. The number of anilines is 3. The van der Waals surface area contributed by atoms with E-state index < -0.39 is 0 Å². The molecule has 0 spiro atoms. The fourth-order valence-electron chi connectivity index (χ4n) is 3.07. The van der Waals surface area contributed by atoms with Crippen molar-refractivity contribution in [3.8, 4) is 0 Å². The van der Waals surface area contributed by atoms with Gasteiger partial charge in [0.25, 0.3) is 5.91 Å². The first-order valence-corrected chi connectivity index (χ1v) is 9.07. The Hall–Kier alpha value is -2.72. The quantitative estimate of drug-likeness (QED) is 0.794. The molecule has 0 atom stereocenters. The zero-order valence-electron chi connectivity index (χ0n) is 15.3. The topological polar surface area (TPSA) is 109 Å². The summed E-state index contributed by atoms with van der Waals surface area (Å²) < 4.78 is 10.8. The van der Waals surface area contributed by atoms with Crippen molar-refractivity contribution in [1.29, 1.82) is 0 Å². The summed E-state index contributed by atoms with van der Waals surface area (Å²) in [6.45, 7) is 7.27. The Morgan fingerprint density at radius 3 is 2.33 bits per heavy atom. The summed E-state index contributed by atoms with van der Waals surface area (Å²) in [4.78, 5) is 26.1. The van der Waals surface area contributed by atoms with Gasteiger partial charge in [0.1, 0.15) is 17.3 Å². The number of amides is 1. The van der Waals surface area contributed by atoms with Gasteiger partial charge >= 0.3 is 0 Å². The average Bonchev–Trinajstić information content (AvgIpc) is 3.13. The van der Waals surface area contributed by atoms with E-state index in [1.165, 1.54) is 0 Å². The Labute approximate surface area is 156 Å². The highest BCUT2D eigenvalue weighted by molar-refractivity contribution is 6.03. The second-order valence-electron chi connectivity index (χ2n) is 6.49. The van der Waals surface area contributed by atoms with E-state index in [1.807, 2.05) is 11.8 Å². The van der Waals surface area contributed by atoms with Gasteiger partial charge < -0.3 is 24.6 Å². The van der Waals surface area contributed by atoms with E-state index in [0.29, 0.717) is 57.0 Å². The Morgan fingerprint density at radius 1 is 1.04 bits per heavy atom. The molecular formula is C17H23N7O3. The molecule has 0 saturated carbocycles. The van der Waals surface area contributed by atoms with Crippen LogP contribution in [0.2, 0.25) is 0 Å². The lowest BCUT2D eigenvalue weighted by molar-refractivity contribution is 0.102. The van der Waals surface area contributed by atoms with E-state index in [2.05, 4.69) is 25.4 Å². The molecule has 2 saturated heterocycles. The molecule has 0 unspecified atom stereocenters. The molecule has 2 aliphatic heterocycles. The number of aryl methyl sites for hydroxylation is 1. The van der Waals surface area contributed by atoms with E-state index in [0.717, 1.165) is 24.6 Å². The van der Waals surface area contributed by atoms with Crippen molar-refractivity contribution in [3.63, 3.8) is 0 Å². The van der Waals surface area contributed by atoms with E-state index in [1.54, 1.807) is 12.1 Å². The van der Waals surface area contributed by atoms with Gasteiger partial charge in [0.05, 0.1) is 32.1 Å². The largest absolute Gasteiger partial charge is 0.378 e. The lowest BCUT2D eigenvalue weighted by Gasteiger charge is -2.31. The van der Waals surface area contributed by atoms with Crippen molar-refractivity contribution < 1.29 is 14.3 Å². The van der Waals surface area contributed by atoms with Crippen molar-refractivity contribution in [2.45, 2.75) is 6.92 Å². The molecule has 0 aliphatic carbocycles. The summed E-state index contributed by atoms with van der Waals surface area (Å²) in [5.41, 5.74) is 1.12. The number of ether oxygens (including phenoxy) is 2. The van der Waals surface area contributed by atoms with Gasteiger partial charge in [-0.3, -0.25) is 9.89 Å². The van der Waals surface area contributed by atoms with Crippen LogP contribution in [0.3, 0.4) is 0 Å². The van der Waals surface area contributed by atoms with Crippen molar-refractivity contribution in [1.82, 2.24) is 20.2 Å². The standard InChI is InChI=1S/C17H23N7O3/c1-12-10-14(22-21-12)19-16(25)13-11-15(23-2-6-26-7-3-23)20-17(18-13)24-4-8-27-9-5-24/h10-11H,2-9H2,1H3,(H2,19,21,22,25). The highest BCUT2D eigenvalue weighted by atomic mass is 16.5. The first-order chi connectivity index (χ1) is 13.2. The number of rotatable bonds is 4. The fraction of sp³-hybridized carbons (Fsp3) is 0.529. The third kappa shape index (κ3) is 4.17. The summed E-state index contributed by atoms with van der Waals surface area (Å²) in [5.74, 6) is 1.52. The van der Waals surface area contributed by atoms with Gasteiger partial charge in [-0.25, -0.2) is 4.98 Å². The number of morpholine rings is 2. The minimum Gasteiger partial charge on any atom is -0.378 e. The van der Waals surface area contributed by atoms with Gasteiger partial charge in [-0.2, -0.15) is 10.1 Å². The zero-order valence-corrected chi connectivity index (χ0v) is 15.3. The monoisotopic (exact) mass is 373 g/mol. The van der Waals surface area contributed by atoms with Crippen LogP contribution in [0.25, 0.3) is 0 Å². The molecule has 4 heterocycles. The molecule has 0 radical (unpaired) electrons. The molecule has 2 aliphatic rings. The Morgan fingerprint density at radius 2 is 1.70 bits per heavy atom. The number of nitrogens with zero attached hydrogens (tertiary/aromatic N) is 5. The molecule has 2 aromatic rings. The SMILES string of the molecule is Cc1cc(NC(=O)c2cc(N3CCOCC3)nc(N3CCOCC3)n2)[nH]n1. The Bertz CT molecular complexity index is 761. The number of nitrogens with one attached hydrogen (secondary N) is 2. The normalized spacial score (nSPS) is 17.8. The van der Waals surface area contributed by atoms with Crippen LogP contribution in [-0.2, 0) is 9.47 Å². The maximum Gasteiger partial charge on any atom is 0.275 e. The van der Waals surface area contributed by atoms with E-state index in [9.17, 15) is 4.79 Å². The second kappa shape index (κ2) is 7.89. The minimum absolute atomic E-state index is 0.301. The second-order valence-corrected chi connectivity index (χ2v) is 6.49. The summed E-state index contributed by atoms with van der Waals surface area (Å²) in [6, 6.07) is 3.50. The molecule has 2 fully saturated rings. The molecule has 1 amide bonds. The van der Waals surface area contributed by atoms with Crippen LogP contribution in [-0.4, -0.2) is 78.7 Å². The molecule has 2 aromatic heterocycles. The summed E-state index contributed by atoms with van der Waals surface area (Å²) in [6.07, 6.45) is 0. The van der Waals surface area contributed by atoms with E-state index in [4.69, 9.17) is 14.5 Å². The lowest BCUT2D eigenvalue weighted by Crippen LogP contribution is -2.40. The fourth-order valence-corrected chi connectivity index (χ4v) is 3.07. The predicted molar refractivity (Wildman–Crippen MR) is 99.4 cm³/mol. The van der Waals surface area contributed by atoms with Crippen LogP contribution in [0, 0.1) is 6.92 Å². The van der Waals surface area contributed by atoms with Crippen LogP contribution in [0.5, 0.6) is 0 Å². The van der Waals surface area contributed by atoms with Crippen LogP contribution in [0.1, 0.15) is 16.2 Å². The summed E-state index contributed by atoms with van der Waals surface area (Å²) >= 11 is 0. The third-order valence-electron chi connectivity index (χ3n) is 4.52. The predicted octanol–water partition coefficient (Wildman–Crippen LogP) is 0.434. The first-order valence-electron chi connectivity index (χ1n) is 9.07. The van der Waals surface area contributed by atoms with Crippen LogP contribution in [0.4, 0.5) is 17.6 Å². The first kappa shape index (κ1) is 17.7. The highest BCUT2D eigenvalue weighted by Crippen LogP contribution is 2.20. The maximum absolute atomic E-state index is 12.8. The minimum atomic E-state index is -0.301. The average molecular weight is 373 g/mol. The van der Waals surface area contributed by atoms with Gasteiger partial charge in [0.2, 0.25) is 5.95 Å². The Balaban J connectivity index is 1.62. The number of H-pyrrole nitrogens is 1. The molecule has 0 aromatic carbocycles. The molecule has 144 valence electrons. The van der Waals surface area contributed by atoms with Crippen molar-refractivity contribution in [3.05, 3.63) is 23.5 Å². The molecule has 10 heteroatoms.